The molecule has 2 heterocycles. The summed E-state index contributed by atoms with van der Waals surface area (Å²) in [7, 11) is 1.66. The maximum Gasteiger partial charge on any atom is 0.253 e. The molecule has 2 saturated heterocycles. The molecule has 2 fully saturated rings. The van der Waals surface area contributed by atoms with E-state index < -0.39 is 0 Å². The van der Waals surface area contributed by atoms with Gasteiger partial charge in [0, 0.05) is 42.8 Å². The number of morpholine rings is 1. The van der Waals surface area contributed by atoms with Crippen molar-refractivity contribution in [3.63, 3.8) is 0 Å². The van der Waals surface area contributed by atoms with E-state index in [9.17, 15) is 9.90 Å². The van der Waals surface area contributed by atoms with Gasteiger partial charge in [0.15, 0.2) is 0 Å². The average molecular weight is 425 g/mol. The fraction of sp³-hybridized carbons (Fsp3) is 0.480. The zero-order chi connectivity index (χ0) is 21.7. The molecule has 1 amide bonds. The normalized spacial score (nSPS) is 21.7. The van der Waals surface area contributed by atoms with Crippen molar-refractivity contribution in [1.82, 2.24) is 4.90 Å². The number of amides is 1. The fourth-order valence-corrected chi connectivity index (χ4v) is 4.74. The molecule has 31 heavy (non-hydrogen) atoms. The SMILES string of the molecule is COc1cccc(CC2(CO)CCCN(C(=O)c3ccc(N4CCOCC4)cc3)C2)c1. The van der Waals surface area contributed by atoms with Crippen LogP contribution in [0.2, 0.25) is 0 Å². The molecule has 0 bridgehead atoms. The molecule has 1 unspecified atom stereocenters. The number of rotatable bonds is 6. The number of ether oxygens (including phenoxy) is 2. The first-order chi connectivity index (χ1) is 15.1. The Morgan fingerprint density at radius 1 is 1.13 bits per heavy atom. The Balaban J connectivity index is 1.45. The summed E-state index contributed by atoms with van der Waals surface area (Å²) in [6.45, 7) is 4.58. The van der Waals surface area contributed by atoms with Crippen LogP contribution in [0.3, 0.4) is 0 Å². The quantitative estimate of drug-likeness (QED) is 0.773. The third-order valence-electron chi connectivity index (χ3n) is 6.49. The first-order valence-electron chi connectivity index (χ1n) is 11.1. The van der Waals surface area contributed by atoms with Gasteiger partial charge in [-0.1, -0.05) is 12.1 Å². The summed E-state index contributed by atoms with van der Waals surface area (Å²) in [5.41, 5.74) is 2.62. The molecule has 1 atom stereocenters. The molecule has 2 aliphatic rings. The summed E-state index contributed by atoms with van der Waals surface area (Å²) < 4.78 is 10.8. The summed E-state index contributed by atoms with van der Waals surface area (Å²) >= 11 is 0. The van der Waals surface area contributed by atoms with Crippen LogP contribution in [0.1, 0.15) is 28.8 Å². The number of piperidine rings is 1. The minimum Gasteiger partial charge on any atom is -0.497 e. The van der Waals surface area contributed by atoms with Crippen LogP contribution < -0.4 is 9.64 Å². The highest BCUT2D eigenvalue weighted by Crippen LogP contribution is 2.35. The monoisotopic (exact) mass is 424 g/mol. The van der Waals surface area contributed by atoms with Gasteiger partial charge in [-0.2, -0.15) is 0 Å². The molecule has 6 heteroatoms. The molecular weight excluding hydrogens is 392 g/mol. The zero-order valence-corrected chi connectivity index (χ0v) is 18.3. The van der Waals surface area contributed by atoms with Crippen LogP contribution in [-0.4, -0.2) is 69.0 Å². The smallest absolute Gasteiger partial charge is 0.253 e. The Morgan fingerprint density at radius 2 is 1.90 bits per heavy atom. The highest BCUT2D eigenvalue weighted by atomic mass is 16.5. The van der Waals surface area contributed by atoms with Gasteiger partial charge in [0.2, 0.25) is 0 Å². The third-order valence-corrected chi connectivity index (χ3v) is 6.49. The van der Waals surface area contributed by atoms with Gasteiger partial charge in [-0.05, 0) is 61.2 Å². The van der Waals surface area contributed by atoms with Crippen LogP contribution in [0.25, 0.3) is 0 Å². The van der Waals surface area contributed by atoms with Crippen molar-refractivity contribution in [3.8, 4) is 5.75 Å². The molecule has 1 N–H and O–H groups in total. The molecule has 2 aliphatic heterocycles. The van der Waals surface area contributed by atoms with Gasteiger partial charge in [-0.25, -0.2) is 0 Å². The summed E-state index contributed by atoms with van der Waals surface area (Å²) in [4.78, 5) is 17.4. The lowest BCUT2D eigenvalue weighted by molar-refractivity contribution is 0.0271. The standard InChI is InChI=1S/C25H32N2O4/c1-30-23-5-2-4-20(16-23)17-25(19-28)10-3-11-27(18-25)24(29)21-6-8-22(9-7-21)26-12-14-31-15-13-26/h2,4-9,16,28H,3,10-15,17-19H2,1H3. The minimum atomic E-state index is -0.325. The second-order valence-corrected chi connectivity index (χ2v) is 8.66. The number of hydrogen-bond acceptors (Lipinski definition) is 5. The van der Waals surface area contributed by atoms with Crippen molar-refractivity contribution in [3.05, 3.63) is 59.7 Å². The summed E-state index contributed by atoms with van der Waals surface area (Å²) in [5.74, 6) is 0.853. The van der Waals surface area contributed by atoms with E-state index in [1.54, 1.807) is 7.11 Å². The Bertz CT molecular complexity index is 879. The first-order valence-corrected chi connectivity index (χ1v) is 11.1. The highest BCUT2D eigenvalue weighted by Gasteiger charge is 2.37. The van der Waals surface area contributed by atoms with E-state index in [1.807, 2.05) is 47.4 Å². The Morgan fingerprint density at radius 3 is 2.61 bits per heavy atom. The predicted molar refractivity (Wildman–Crippen MR) is 121 cm³/mol. The van der Waals surface area contributed by atoms with E-state index >= 15 is 0 Å². The number of carbonyl (C=O) groups excluding carboxylic acids is 1. The molecule has 4 rings (SSSR count). The van der Waals surface area contributed by atoms with Gasteiger partial charge in [-0.3, -0.25) is 4.79 Å². The number of nitrogens with zero attached hydrogens (tertiary/aromatic N) is 2. The molecule has 0 spiro atoms. The average Bonchev–Trinajstić information content (AvgIpc) is 2.84. The highest BCUT2D eigenvalue weighted by molar-refractivity contribution is 5.94. The Hall–Kier alpha value is -2.57. The first kappa shape index (κ1) is 21.7. The Kier molecular flexibility index (Phi) is 6.78. The molecule has 166 valence electrons. The van der Waals surface area contributed by atoms with Crippen molar-refractivity contribution >= 4 is 11.6 Å². The van der Waals surface area contributed by atoms with Crippen molar-refractivity contribution in [2.24, 2.45) is 5.41 Å². The molecule has 0 radical (unpaired) electrons. The van der Waals surface area contributed by atoms with Gasteiger partial charge < -0.3 is 24.4 Å². The molecule has 6 nitrogen and oxygen atoms in total. The van der Waals surface area contributed by atoms with Crippen molar-refractivity contribution in [2.45, 2.75) is 19.3 Å². The zero-order valence-electron chi connectivity index (χ0n) is 18.3. The Labute approximate surface area is 184 Å². The summed E-state index contributed by atoms with van der Waals surface area (Å²) in [6, 6.07) is 15.9. The number of benzene rings is 2. The number of likely N-dealkylation sites (tertiary alicyclic amines) is 1. The van der Waals surface area contributed by atoms with Crippen molar-refractivity contribution in [1.29, 1.82) is 0 Å². The fourth-order valence-electron chi connectivity index (χ4n) is 4.74. The second kappa shape index (κ2) is 9.71. The largest absolute Gasteiger partial charge is 0.497 e. The maximum atomic E-state index is 13.2. The minimum absolute atomic E-state index is 0.0386. The van der Waals surface area contributed by atoms with Crippen LogP contribution in [0.4, 0.5) is 5.69 Å². The number of methoxy groups -OCH3 is 1. The van der Waals surface area contributed by atoms with Crippen molar-refractivity contribution in [2.75, 3.05) is 58.0 Å². The number of anilines is 1. The number of aliphatic hydroxyl groups excluding tert-OH is 1. The van der Waals surface area contributed by atoms with Crippen molar-refractivity contribution < 1.29 is 19.4 Å². The van der Waals surface area contributed by atoms with Crippen LogP contribution in [0, 0.1) is 5.41 Å². The molecule has 2 aromatic rings. The molecule has 2 aromatic carbocycles. The summed E-state index contributed by atoms with van der Waals surface area (Å²) in [6.07, 6.45) is 2.52. The van der Waals surface area contributed by atoms with E-state index in [2.05, 4.69) is 11.0 Å². The molecular formula is C25H32N2O4. The van der Waals surface area contributed by atoms with E-state index in [0.717, 1.165) is 69.1 Å². The second-order valence-electron chi connectivity index (χ2n) is 8.66. The lowest BCUT2D eigenvalue weighted by Gasteiger charge is -2.42. The van der Waals surface area contributed by atoms with E-state index in [4.69, 9.17) is 9.47 Å². The van der Waals surface area contributed by atoms with Gasteiger partial charge in [0.1, 0.15) is 5.75 Å². The molecule has 0 saturated carbocycles. The topological polar surface area (TPSA) is 62.2 Å². The predicted octanol–water partition coefficient (Wildman–Crippen LogP) is 2.99. The van der Waals surface area contributed by atoms with Crippen LogP contribution >= 0.6 is 0 Å². The lowest BCUT2D eigenvalue weighted by Crippen LogP contribution is -2.49. The number of aliphatic hydroxyl groups is 1. The van der Waals surface area contributed by atoms with E-state index in [1.165, 1.54) is 0 Å². The number of hydrogen-bond donors (Lipinski definition) is 1. The van der Waals surface area contributed by atoms with Gasteiger partial charge in [0.05, 0.1) is 26.9 Å². The molecule has 0 aromatic heterocycles. The lowest BCUT2D eigenvalue weighted by atomic mass is 9.75. The van der Waals surface area contributed by atoms with Crippen LogP contribution in [-0.2, 0) is 11.2 Å². The number of carbonyl (C=O) groups is 1. The maximum absolute atomic E-state index is 13.2. The van der Waals surface area contributed by atoms with E-state index in [0.29, 0.717) is 12.1 Å². The van der Waals surface area contributed by atoms with Crippen LogP contribution in [0.5, 0.6) is 5.75 Å². The van der Waals surface area contributed by atoms with Crippen LogP contribution in [0.15, 0.2) is 48.5 Å². The van der Waals surface area contributed by atoms with Gasteiger partial charge in [0.25, 0.3) is 5.91 Å². The van der Waals surface area contributed by atoms with Gasteiger partial charge in [-0.15, -0.1) is 0 Å². The van der Waals surface area contributed by atoms with E-state index in [-0.39, 0.29) is 17.9 Å². The molecule has 0 aliphatic carbocycles. The van der Waals surface area contributed by atoms with Gasteiger partial charge >= 0.3 is 0 Å². The summed E-state index contributed by atoms with van der Waals surface area (Å²) in [5, 5.41) is 10.3. The third kappa shape index (κ3) is 5.02.